The summed E-state index contributed by atoms with van der Waals surface area (Å²) < 4.78 is 12.7. The maximum absolute atomic E-state index is 12.7. The maximum atomic E-state index is 12.7. The number of rotatable bonds is 3. The van der Waals surface area contributed by atoms with Gasteiger partial charge in [0.2, 0.25) is 0 Å². The Hall–Kier alpha value is -1.70. The Balaban J connectivity index is 1.99. The van der Waals surface area contributed by atoms with E-state index in [4.69, 9.17) is 0 Å². The molecule has 0 atom stereocenters. The average Bonchev–Trinajstić information content (AvgIpc) is 2.28. The van der Waals surface area contributed by atoms with Gasteiger partial charge in [0.1, 0.15) is 5.82 Å². The van der Waals surface area contributed by atoms with Gasteiger partial charge in [0, 0.05) is 11.9 Å². The molecule has 0 aliphatic rings. The van der Waals surface area contributed by atoms with Crippen molar-refractivity contribution < 1.29 is 4.39 Å². The standard InChI is InChI=1S/C14H14FN/c1-11-10-13(8-9-16-11)3-2-12-4-6-14(15)7-5-12/h4-10H,2-3H2,1H3. The van der Waals surface area contributed by atoms with Crippen molar-refractivity contribution in [3.8, 4) is 0 Å². The van der Waals surface area contributed by atoms with Crippen molar-refractivity contribution >= 4 is 0 Å². The molecule has 0 saturated carbocycles. The predicted molar refractivity (Wildman–Crippen MR) is 62.8 cm³/mol. The van der Waals surface area contributed by atoms with Gasteiger partial charge in [-0.25, -0.2) is 4.39 Å². The van der Waals surface area contributed by atoms with E-state index in [0.29, 0.717) is 0 Å². The molecule has 2 heteroatoms. The molecule has 0 N–H and O–H groups in total. The molecule has 1 aromatic carbocycles. The van der Waals surface area contributed by atoms with Crippen molar-refractivity contribution in [2.75, 3.05) is 0 Å². The Morgan fingerprint density at radius 2 is 1.69 bits per heavy atom. The van der Waals surface area contributed by atoms with Gasteiger partial charge in [-0.2, -0.15) is 0 Å². The molecular formula is C14H14FN. The van der Waals surface area contributed by atoms with E-state index in [-0.39, 0.29) is 5.82 Å². The minimum atomic E-state index is -0.177. The molecule has 0 bridgehead atoms. The van der Waals surface area contributed by atoms with Crippen LogP contribution in [0.3, 0.4) is 0 Å². The quantitative estimate of drug-likeness (QED) is 0.765. The summed E-state index contributed by atoms with van der Waals surface area (Å²) in [6, 6.07) is 10.8. The third-order valence-corrected chi connectivity index (χ3v) is 2.58. The fourth-order valence-electron chi connectivity index (χ4n) is 1.70. The van der Waals surface area contributed by atoms with Gasteiger partial charge in [0.15, 0.2) is 0 Å². The molecule has 16 heavy (non-hydrogen) atoms. The Kier molecular flexibility index (Phi) is 3.30. The minimum Gasteiger partial charge on any atom is -0.262 e. The van der Waals surface area contributed by atoms with Crippen molar-refractivity contribution in [1.29, 1.82) is 0 Å². The van der Waals surface area contributed by atoms with Crippen molar-refractivity contribution in [2.45, 2.75) is 19.8 Å². The van der Waals surface area contributed by atoms with Crippen molar-refractivity contribution in [1.82, 2.24) is 4.98 Å². The molecule has 0 aliphatic heterocycles. The number of aromatic nitrogens is 1. The maximum Gasteiger partial charge on any atom is 0.123 e. The molecule has 2 rings (SSSR count). The molecule has 82 valence electrons. The van der Waals surface area contributed by atoms with Crippen molar-refractivity contribution in [3.05, 3.63) is 65.2 Å². The number of pyridine rings is 1. The molecule has 1 aromatic heterocycles. The van der Waals surface area contributed by atoms with Crippen LogP contribution in [0.2, 0.25) is 0 Å². The first-order valence-electron chi connectivity index (χ1n) is 5.40. The Morgan fingerprint density at radius 3 is 2.38 bits per heavy atom. The molecule has 0 saturated heterocycles. The SMILES string of the molecule is Cc1cc(CCc2ccc(F)cc2)ccn1. The van der Waals surface area contributed by atoms with Crippen molar-refractivity contribution in [2.24, 2.45) is 0 Å². The summed E-state index contributed by atoms with van der Waals surface area (Å²) in [6.07, 6.45) is 3.73. The summed E-state index contributed by atoms with van der Waals surface area (Å²) in [5.74, 6) is -0.177. The van der Waals surface area contributed by atoms with Gasteiger partial charge in [-0.15, -0.1) is 0 Å². The van der Waals surface area contributed by atoms with Crippen LogP contribution in [0, 0.1) is 12.7 Å². The van der Waals surface area contributed by atoms with E-state index in [1.165, 1.54) is 17.7 Å². The number of aryl methyl sites for hydroxylation is 3. The highest BCUT2D eigenvalue weighted by Gasteiger charge is 1.97. The fraction of sp³-hybridized carbons (Fsp3) is 0.214. The lowest BCUT2D eigenvalue weighted by Crippen LogP contribution is -1.93. The Labute approximate surface area is 95.0 Å². The topological polar surface area (TPSA) is 12.9 Å². The molecule has 0 radical (unpaired) electrons. The molecule has 0 spiro atoms. The van der Waals surface area contributed by atoms with Crippen LogP contribution in [0.4, 0.5) is 4.39 Å². The Bertz CT molecular complexity index is 462. The summed E-state index contributed by atoms with van der Waals surface area (Å²) in [7, 11) is 0. The van der Waals surface area contributed by atoms with Gasteiger partial charge in [0.25, 0.3) is 0 Å². The minimum absolute atomic E-state index is 0.177. The van der Waals surface area contributed by atoms with Gasteiger partial charge in [-0.3, -0.25) is 4.98 Å². The highest BCUT2D eigenvalue weighted by atomic mass is 19.1. The van der Waals surface area contributed by atoms with Gasteiger partial charge in [-0.1, -0.05) is 12.1 Å². The molecule has 0 aliphatic carbocycles. The predicted octanol–water partition coefficient (Wildman–Crippen LogP) is 3.31. The van der Waals surface area contributed by atoms with Gasteiger partial charge >= 0.3 is 0 Å². The van der Waals surface area contributed by atoms with E-state index in [0.717, 1.165) is 24.1 Å². The van der Waals surface area contributed by atoms with E-state index in [9.17, 15) is 4.39 Å². The zero-order valence-electron chi connectivity index (χ0n) is 9.28. The molecule has 2 aromatic rings. The van der Waals surface area contributed by atoms with Gasteiger partial charge in [-0.05, 0) is 55.2 Å². The van der Waals surface area contributed by atoms with Crippen molar-refractivity contribution in [3.63, 3.8) is 0 Å². The second kappa shape index (κ2) is 4.88. The van der Waals surface area contributed by atoms with Crippen LogP contribution in [-0.4, -0.2) is 4.98 Å². The number of benzene rings is 1. The molecule has 1 nitrogen and oxygen atoms in total. The molecule has 0 unspecified atom stereocenters. The van der Waals surface area contributed by atoms with Crippen LogP contribution in [0.15, 0.2) is 42.6 Å². The van der Waals surface area contributed by atoms with Gasteiger partial charge in [0.05, 0.1) is 0 Å². The van der Waals surface area contributed by atoms with E-state index in [1.807, 2.05) is 31.3 Å². The molecule has 0 amide bonds. The van der Waals surface area contributed by atoms with E-state index >= 15 is 0 Å². The zero-order valence-corrected chi connectivity index (χ0v) is 9.28. The summed E-state index contributed by atoms with van der Waals surface area (Å²) in [4.78, 5) is 4.16. The number of hydrogen-bond acceptors (Lipinski definition) is 1. The first-order chi connectivity index (χ1) is 7.74. The lowest BCUT2D eigenvalue weighted by atomic mass is 10.0. The highest BCUT2D eigenvalue weighted by molar-refractivity contribution is 5.20. The number of nitrogens with zero attached hydrogens (tertiary/aromatic N) is 1. The first-order valence-corrected chi connectivity index (χ1v) is 5.40. The largest absolute Gasteiger partial charge is 0.262 e. The molecular weight excluding hydrogens is 201 g/mol. The zero-order chi connectivity index (χ0) is 11.4. The van der Waals surface area contributed by atoms with Crippen LogP contribution >= 0.6 is 0 Å². The lowest BCUT2D eigenvalue weighted by molar-refractivity contribution is 0.627. The van der Waals surface area contributed by atoms with E-state index in [1.54, 1.807) is 0 Å². The molecule has 0 fully saturated rings. The van der Waals surface area contributed by atoms with Crippen LogP contribution in [0.25, 0.3) is 0 Å². The van der Waals surface area contributed by atoms with E-state index in [2.05, 4.69) is 11.1 Å². The third kappa shape index (κ3) is 2.89. The first kappa shape index (κ1) is 10.8. The fourth-order valence-corrected chi connectivity index (χ4v) is 1.70. The normalized spacial score (nSPS) is 10.4. The van der Waals surface area contributed by atoms with Gasteiger partial charge < -0.3 is 0 Å². The van der Waals surface area contributed by atoms with E-state index < -0.39 is 0 Å². The Morgan fingerprint density at radius 1 is 1.00 bits per heavy atom. The number of hydrogen-bond donors (Lipinski definition) is 0. The summed E-state index contributed by atoms with van der Waals surface area (Å²) >= 11 is 0. The average molecular weight is 215 g/mol. The summed E-state index contributed by atoms with van der Waals surface area (Å²) in [5.41, 5.74) is 3.48. The van der Waals surface area contributed by atoms with Crippen LogP contribution in [0.1, 0.15) is 16.8 Å². The monoisotopic (exact) mass is 215 g/mol. The van der Waals surface area contributed by atoms with Crippen LogP contribution in [0.5, 0.6) is 0 Å². The second-order valence-corrected chi connectivity index (χ2v) is 3.93. The van der Waals surface area contributed by atoms with Crippen LogP contribution < -0.4 is 0 Å². The molecule has 1 heterocycles. The van der Waals surface area contributed by atoms with Crippen LogP contribution in [-0.2, 0) is 12.8 Å². The highest BCUT2D eigenvalue weighted by Crippen LogP contribution is 2.08. The summed E-state index contributed by atoms with van der Waals surface area (Å²) in [5, 5.41) is 0. The smallest absolute Gasteiger partial charge is 0.123 e. The summed E-state index contributed by atoms with van der Waals surface area (Å²) in [6.45, 7) is 1.99. The lowest BCUT2D eigenvalue weighted by Gasteiger charge is -2.02. The number of halogens is 1. The second-order valence-electron chi connectivity index (χ2n) is 3.93. The third-order valence-electron chi connectivity index (χ3n) is 2.58.